The predicted octanol–water partition coefficient (Wildman–Crippen LogP) is 4.82. The molecule has 2 unspecified atom stereocenters. The van der Waals surface area contributed by atoms with Crippen LogP contribution in [0.15, 0.2) is 75.5 Å². The molecule has 0 aliphatic heterocycles. The van der Waals surface area contributed by atoms with Gasteiger partial charge >= 0.3 is 0 Å². The van der Waals surface area contributed by atoms with E-state index in [2.05, 4.69) is 33.3 Å². The molecule has 0 spiro atoms. The zero-order chi connectivity index (χ0) is 20.5. The van der Waals surface area contributed by atoms with Gasteiger partial charge in [-0.2, -0.15) is 5.10 Å². The van der Waals surface area contributed by atoms with E-state index in [1.54, 1.807) is 0 Å². The first kappa shape index (κ1) is 21.2. The standard InChI is InChI=1S/C23H28ClN5/c1-18(27-15-21-4-2-5-23(24)12-21)22(13-25)16-26-14-19-6-8-20(9-7-19)17-29-11-3-10-28-29/h2-6,8,10-11,13,16,22-23,25H,7,9,12,14-15,17H2,1H3. The van der Waals surface area contributed by atoms with E-state index < -0.39 is 0 Å². The number of rotatable bonds is 9. The third-order valence-electron chi connectivity index (χ3n) is 5.11. The SMILES string of the molecule is CC(=NCC1=CC=CC(Cl)C1)C(C=N)C=NCC1=CC=C(Cn2cccn2)CC1. The van der Waals surface area contributed by atoms with Crippen LogP contribution in [0, 0.1) is 11.3 Å². The number of allylic oxidation sites excluding steroid dienone is 6. The minimum Gasteiger partial charge on any atom is -0.312 e. The van der Waals surface area contributed by atoms with Crippen LogP contribution in [-0.2, 0) is 6.54 Å². The van der Waals surface area contributed by atoms with Crippen molar-refractivity contribution >= 4 is 29.7 Å². The van der Waals surface area contributed by atoms with Crippen LogP contribution in [0.2, 0.25) is 0 Å². The monoisotopic (exact) mass is 409 g/mol. The molecule has 1 N–H and O–H groups in total. The van der Waals surface area contributed by atoms with Crippen LogP contribution in [0.3, 0.4) is 0 Å². The Morgan fingerprint density at radius 3 is 2.79 bits per heavy atom. The Morgan fingerprint density at radius 2 is 2.10 bits per heavy atom. The molecule has 1 aromatic rings. The van der Waals surface area contributed by atoms with Gasteiger partial charge in [0, 0.05) is 30.5 Å². The Balaban J connectivity index is 1.50. The average molecular weight is 410 g/mol. The lowest BCUT2D eigenvalue weighted by atomic mass is 9.98. The van der Waals surface area contributed by atoms with Crippen LogP contribution in [0.1, 0.15) is 26.2 Å². The van der Waals surface area contributed by atoms with Gasteiger partial charge in [-0.05, 0) is 49.0 Å². The Bertz CT molecular complexity index is 871. The summed E-state index contributed by atoms with van der Waals surface area (Å²) in [6.45, 7) is 4.12. The second-order valence-electron chi connectivity index (χ2n) is 7.42. The smallest absolute Gasteiger partial charge is 0.0661 e. The molecule has 0 aromatic carbocycles. The molecule has 152 valence electrons. The molecule has 5 nitrogen and oxygen atoms in total. The van der Waals surface area contributed by atoms with Crippen molar-refractivity contribution in [2.75, 3.05) is 13.1 Å². The first-order chi connectivity index (χ1) is 14.1. The number of halogens is 1. The van der Waals surface area contributed by atoms with Crippen molar-refractivity contribution < 1.29 is 0 Å². The second-order valence-corrected chi connectivity index (χ2v) is 7.98. The van der Waals surface area contributed by atoms with Crippen molar-refractivity contribution in [3.8, 4) is 0 Å². The fourth-order valence-electron chi connectivity index (χ4n) is 3.29. The molecule has 3 rings (SSSR count). The molecule has 2 aliphatic carbocycles. The van der Waals surface area contributed by atoms with E-state index in [-0.39, 0.29) is 11.3 Å². The molecule has 0 saturated heterocycles. The summed E-state index contributed by atoms with van der Waals surface area (Å²) in [5.41, 5.74) is 4.82. The van der Waals surface area contributed by atoms with Crippen molar-refractivity contribution in [2.45, 2.75) is 38.1 Å². The van der Waals surface area contributed by atoms with Gasteiger partial charge in [0.15, 0.2) is 0 Å². The van der Waals surface area contributed by atoms with E-state index in [1.165, 1.54) is 22.9 Å². The van der Waals surface area contributed by atoms with Gasteiger partial charge in [-0.15, -0.1) is 11.6 Å². The lowest BCUT2D eigenvalue weighted by Crippen LogP contribution is -2.16. The molecule has 0 bridgehead atoms. The van der Waals surface area contributed by atoms with Crippen LogP contribution in [0.25, 0.3) is 0 Å². The fourth-order valence-corrected chi connectivity index (χ4v) is 3.57. The maximum atomic E-state index is 7.71. The number of hydrogen-bond donors (Lipinski definition) is 1. The first-order valence-corrected chi connectivity index (χ1v) is 10.4. The van der Waals surface area contributed by atoms with Gasteiger partial charge in [0.25, 0.3) is 0 Å². The fraction of sp³-hybridized carbons (Fsp3) is 0.391. The van der Waals surface area contributed by atoms with E-state index in [9.17, 15) is 0 Å². The first-order valence-electron chi connectivity index (χ1n) is 10.0. The van der Waals surface area contributed by atoms with Crippen LogP contribution in [-0.4, -0.2) is 46.4 Å². The molecular weight excluding hydrogens is 382 g/mol. The second kappa shape index (κ2) is 10.9. The summed E-state index contributed by atoms with van der Waals surface area (Å²) < 4.78 is 1.95. The average Bonchev–Trinajstić information content (AvgIpc) is 3.24. The van der Waals surface area contributed by atoms with Crippen LogP contribution in [0.5, 0.6) is 0 Å². The number of hydrogen-bond acceptors (Lipinski definition) is 4. The molecule has 6 heteroatoms. The largest absolute Gasteiger partial charge is 0.312 e. The number of aliphatic imine (C=N–C) groups is 2. The molecule has 29 heavy (non-hydrogen) atoms. The highest BCUT2D eigenvalue weighted by atomic mass is 35.5. The van der Waals surface area contributed by atoms with E-state index in [1.807, 2.05) is 48.4 Å². The van der Waals surface area contributed by atoms with Gasteiger partial charge in [-0.3, -0.25) is 14.7 Å². The van der Waals surface area contributed by atoms with Gasteiger partial charge in [-0.1, -0.05) is 30.4 Å². The summed E-state index contributed by atoms with van der Waals surface area (Å²) in [7, 11) is 0. The van der Waals surface area contributed by atoms with E-state index in [4.69, 9.17) is 17.0 Å². The lowest BCUT2D eigenvalue weighted by Gasteiger charge is -2.14. The van der Waals surface area contributed by atoms with E-state index >= 15 is 0 Å². The van der Waals surface area contributed by atoms with Gasteiger partial charge < -0.3 is 5.41 Å². The number of alkyl halides is 1. The van der Waals surface area contributed by atoms with Crippen LogP contribution >= 0.6 is 11.6 Å². The maximum absolute atomic E-state index is 7.71. The summed E-state index contributed by atoms with van der Waals surface area (Å²) >= 11 is 6.16. The Kier molecular flexibility index (Phi) is 7.94. The zero-order valence-electron chi connectivity index (χ0n) is 16.8. The van der Waals surface area contributed by atoms with Gasteiger partial charge in [0.05, 0.1) is 30.9 Å². The summed E-state index contributed by atoms with van der Waals surface area (Å²) in [4.78, 5) is 9.22. The highest BCUT2D eigenvalue weighted by molar-refractivity contribution is 6.22. The molecule has 1 aromatic heterocycles. The summed E-state index contributed by atoms with van der Waals surface area (Å²) in [6.07, 6.45) is 20.4. The third kappa shape index (κ3) is 6.79. The highest BCUT2D eigenvalue weighted by Gasteiger charge is 2.11. The van der Waals surface area contributed by atoms with Crippen LogP contribution in [0.4, 0.5) is 0 Å². The number of nitrogens with zero attached hydrogens (tertiary/aromatic N) is 4. The number of nitrogens with one attached hydrogen (secondary N) is 1. The van der Waals surface area contributed by atoms with Gasteiger partial charge in [0.1, 0.15) is 0 Å². The minimum absolute atomic E-state index is 0.0588. The highest BCUT2D eigenvalue weighted by Crippen LogP contribution is 2.20. The summed E-state index contributed by atoms with van der Waals surface area (Å²) in [6, 6.07) is 1.95. The van der Waals surface area contributed by atoms with E-state index in [0.717, 1.165) is 31.5 Å². The quantitative estimate of drug-likeness (QED) is 0.461. The molecule has 0 fully saturated rings. The van der Waals surface area contributed by atoms with Crippen molar-refractivity contribution in [1.82, 2.24) is 9.78 Å². The Hall–Kier alpha value is -2.53. The predicted molar refractivity (Wildman–Crippen MR) is 123 cm³/mol. The lowest BCUT2D eigenvalue weighted by molar-refractivity contribution is 0.649. The summed E-state index contributed by atoms with van der Waals surface area (Å²) in [5, 5.41) is 12.0. The molecule has 0 radical (unpaired) electrons. The van der Waals surface area contributed by atoms with E-state index in [0.29, 0.717) is 13.1 Å². The molecule has 0 amide bonds. The Labute approximate surface area is 177 Å². The Morgan fingerprint density at radius 1 is 1.28 bits per heavy atom. The topological polar surface area (TPSA) is 66.4 Å². The van der Waals surface area contributed by atoms with Gasteiger partial charge in [0.2, 0.25) is 0 Å². The normalized spacial score (nSPS) is 21.0. The third-order valence-corrected chi connectivity index (χ3v) is 5.41. The van der Waals surface area contributed by atoms with Crippen LogP contribution < -0.4 is 0 Å². The molecule has 2 atom stereocenters. The minimum atomic E-state index is -0.156. The molecule has 0 saturated carbocycles. The molecule has 2 aliphatic rings. The van der Waals surface area contributed by atoms with Crippen molar-refractivity contribution in [2.24, 2.45) is 15.9 Å². The van der Waals surface area contributed by atoms with Crippen molar-refractivity contribution in [1.29, 1.82) is 5.41 Å². The zero-order valence-corrected chi connectivity index (χ0v) is 17.6. The van der Waals surface area contributed by atoms with Crippen molar-refractivity contribution in [3.05, 3.63) is 65.6 Å². The number of aromatic nitrogens is 2. The molecular formula is C23H28ClN5. The molecule has 1 heterocycles. The summed E-state index contributed by atoms with van der Waals surface area (Å²) in [5.74, 6) is -0.156. The van der Waals surface area contributed by atoms with Crippen molar-refractivity contribution in [3.63, 3.8) is 0 Å². The van der Waals surface area contributed by atoms with Gasteiger partial charge in [-0.25, -0.2) is 0 Å². The maximum Gasteiger partial charge on any atom is 0.0661 e.